The summed E-state index contributed by atoms with van der Waals surface area (Å²) in [7, 11) is 0. The molecule has 0 aromatic carbocycles. The maximum atomic E-state index is 10.2. The highest BCUT2D eigenvalue weighted by Crippen LogP contribution is 2.34. The molecule has 1 N–H and O–H groups in total. The highest BCUT2D eigenvalue weighted by atomic mass is 32.1. The number of hydrogen-bond donors (Lipinski definition) is 1. The minimum atomic E-state index is 0.573. The zero-order chi connectivity index (χ0) is 9.80. The summed E-state index contributed by atoms with van der Waals surface area (Å²) in [4.78, 5) is 10.2. The fraction of sp³-hybridized carbons (Fsp3) is 0.667. The highest BCUT2D eigenvalue weighted by molar-refractivity contribution is 7.15. The van der Waals surface area contributed by atoms with Crippen LogP contribution >= 0.6 is 11.3 Å². The van der Waals surface area contributed by atoms with E-state index in [2.05, 4.69) is 15.5 Å². The lowest BCUT2D eigenvalue weighted by Gasteiger charge is -2.18. The minimum absolute atomic E-state index is 0.573. The van der Waals surface area contributed by atoms with Crippen LogP contribution in [0.1, 0.15) is 43.0 Å². The SMILES string of the molecule is O=CNc1nnc(C2CCCCC2)s1. The monoisotopic (exact) mass is 211 g/mol. The molecule has 1 heterocycles. The molecule has 4 nitrogen and oxygen atoms in total. The number of carbonyl (C=O) groups is 1. The van der Waals surface area contributed by atoms with Crippen molar-refractivity contribution in [2.75, 3.05) is 5.32 Å². The number of rotatable bonds is 3. The van der Waals surface area contributed by atoms with Gasteiger partial charge in [-0.05, 0) is 12.8 Å². The van der Waals surface area contributed by atoms with Crippen LogP contribution in [0.2, 0.25) is 0 Å². The fourth-order valence-corrected chi connectivity index (χ4v) is 2.73. The minimum Gasteiger partial charge on any atom is -0.303 e. The Kier molecular flexibility index (Phi) is 3.08. The smallest absolute Gasteiger partial charge is 0.213 e. The molecule has 1 fully saturated rings. The van der Waals surface area contributed by atoms with Crippen LogP contribution in [0.5, 0.6) is 0 Å². The van der Waals surface area contributed by atoms with E-state index in [9.17, 15) is 4.79 Å². The van der Waals surface area contributed by atoms with Crippen molar-refractivity contribution >= 4 is 22.9 Å². The number of amides is 1. The van der Waals surface area contributed by atoms with Crippen LogP contribution in [-0.2, 0) is 4.79 Å². The van der Waals surface area contributed by atoms with E-state index < -0.39 is 0 Å². The molecule has 1 aromatic rings. The molecule has 5 heteroatoms. The number of anilines is 1. The Hall–Kier alpha value is -0.970. The Morgan fingerprint density at radius 3 is 2.79 bits per heavy atom. The standard InChI is InChI=1S/C9H13N3OS/c13-6-10-9-12-11-8(14-9)7-4-2-1-3-5-7/h6-7H,1-5H2,(H,10,12,13). The van der Waals surface area contributed by atoms with Gasteiger partial charge in [0.25, 0.3) is 0 Å². The number of nitrogens with zero attached hydrogens (tertiary/aromatic N) is 2. The number of hydrogen-bond acceptors (Lipinski definition) is 4. The van der Waals surface area contributed by atoms with Crippen molar-refractivity contribution in [1.29, 1.82) is 0 Å². The molecule has 1 aromatic heterocycles. The first-order valence-corrected chi connectivity index (χ1v) is 5.75. The summed E-state index contributed by atoms with van der Waals surface area (Å²) in [5.41, 5.74) is 0. The van der Waals surface area contributed by atoms with Crippen molar-refractivity contribution in [3.63, 3.8) is 0 Å². The van der Waals surface area contributed by atoms with Crippen molar-refractivity contribution in [3.8, 4) is 0 Å². The van der Waals surface area contributed by atoms with Crippen LogP contribution in [0.15, 0.2) is 0 Å². The second-order valence-corrected chi connectivity index (χ2v) is 4.55. The van der Waals surface area contributed by atoms with Crippen LogP contribution in [0.4, 0.5) is 5.13 Å². The molecule has 0 spiro atoms. The molecule has 1 aliphatic rings. The average molecular weight is 211 g/mol. The summed E-state index contributed by atoms with van der Waals surface area (Å²) in [5.74, 6) is 0.573. The number of nitrogens with one attached hydrogen (secondary N) is 1. The maximum Gasteiger partial charge on any atom is 0.213 e. The lowest BCUT2D eigenvalue weighted by molar-refractivity contribution is -0.105. The summed E-state index contributed by atoms with van der Waals surface area (Å²) in [6.07, 6.45) is 7.01. The Morgan fingerprint density at radius 1 is 1.29 bits per heavy atom. The van der Waals surface area contributed by atoms with E-state index in [1.54, 1.807) is 0 Å². The van der Waals surface area contributed by atoms with Crippen molar-refractivity contribution < 1.29 is 4.79 Å². The van der Waals surface area contributed by atoms with Gasteiger partial charge in [-0.25, -0.2) is 0 Å². The molecular formula is C9H13N3OS. The van der Waals surface area contributed by atoms with Crippen LogP contribution < -0.4 is 5.32 Å². The molecular weight excluding hydrogens is 198 g/mol. The molecule has 0 unspecified atom stereocenters. The molecule has 1 amide bonds. The van der Waals surface area contributed by atoms with Gasteiger partial charge in [-0.2, -0.15) is 0 Å². The van der Waals surface area contributed by atoms with E-state index in [-0.39, 0.29) is 0 Å². The van der Waals surface area contributed by atoms with Crippen molar-refractivity contribution in [3.05, 3.63) is 5.01 Å². The molecule has 0 radical (unpaired) electrons. The molecule has 2 rings (SSSR count). The Labute approximate surface area is 86.7 Å². The quantitative estimate of drug-likeness (QED) is 0.779. The fourth-order valence-electron chi connectivity index (χ4n) is 1.86. The van der Waals surface area contributed by atoms with E-state index in [1.165, 1.54) is 43.4 Å². The molecule has 76 valence electrons. The van der Waals surface area contributed by atoms with Crippen molar-refractivity contribution in [2.24, 2.45) is 0 Å². The van der Waals surface area contributed by atoms with Crippen LogP contribution in [-0.4, -0.2) is 16.6 Å². The summed E-state index contributed by atoms with van der Waals surface area (Å²) in [5, 5.41) is 12.2. The average Bonchev–Trinajstić information content (AvgIpc) is 2.68. The molecule has 1 saturated carbocycles. The first-order valence-electron chi connectivity index (χ1n) is 4.94. The summed E-state index contributed by atoms with van der Waals surface area (Å²) in [6, 6.07) is 0. The first-order chi connectivity index (χ1) is 6.90. The zero-order valence-electron chi connectivity index (χ0n) is 7.90. The Balaban J connectivity index is 2.03. The van der Waals surface area contributed by atoms with Crippen LogP contribution in [0.3, 0.4) is 0 Å². The Bertz CT molecular complexity index is 307. The Morgan fingerprint density at radius 2 is 2.07 bits per heavy atom. The van der Waals surface area contributed by atoms with E-state index in [0.29, 0.717) is 17.5 Å². The largest absolute Gasteiger partial charge is 0.303 e. The van der Waals surface area contributed by atoms with E-state index >= 15 is 0 Å². The number of aromatic nitrogens is 2. The zero-order valence-corrected chi connectivity index (χ0v) is 8.72. The third-order valence-corrected chi connectivity index (χ3v) is 3.59. The van der Waals surface area contributed by atoms with Gasteiger partial charge in [0.1, 0.15) is 5.01 Å². The van der Waals surface area contributed by atoms with Gasteiger partial charge in [0.15, 0.2) is 0 Å². The topological polar surface area (TPSA) is 54.9 Å². The first kappa shape index (κ1) is 9.58. The van der Waals surface area contributed by atoms with Gasteiger partial charge >= 0.3 is 0 Å². The summed E-state index contributed by atoms with van der Waals surface area (Å²) >= 11 is 1.50. The van der Waals surface area contributed by atoms with Crippen molar-refractivity contribution in [2.45, 2.75) is 38.0 Å². The third kappa shape index (κ3) is 2.09. The normalized spacial score (nSPS) is 18.0. The lowest BCUT2D eigenvalue weighted by Crippen LogP contribution is -2.03. The van der Waals surface area contributed by atoms with Gasteiger partial charge in [-0.15, -0.1) is 10.2 Å². The van der Waals surface area contributed by atoms with Gasteiger partial charge in [0, 0.05) is 5.92 Å². The van der Waals surface area contributed by atoms with Crippen LogP contribution in [0, 0.1) is 0 Å². The van der Waals surface area contributed by atoms with Gasteiger partial charge in [0.05, 0.1) is 0 Å². The lowest BCUT2D eigenvalue weighted by atomic mass is 9.90. The van der Waals surface area contributed by atoms with Gasteiger partial charge in [-0.1, -0.05) is 30.6 Å². The predicted molar refractivity (Wildman–Crippen MR) is 55.4 cm³/mol. The van der Waals surface area contributed by atoms with Gasteiger partial charge in [0.2, 0.25) is 11.5 Å². The molecule has 0 atom stereocenters. The second kappa shape index (κ2) is 4.50. The maximum absolute atomic E-state index is 10.2. The van der Waals surface area contributed by atoms with Crippen molar-refractivity contribution in [1.82, 2.24) is 10.2 Å². The number of carbonyl (C=O) groups excluding carboxylic acids is 1. The molecule has 1 aliphatic carbocycles. The molecule has 14 heavy (non-hydrogen) atoms. The van der Waals surface area contributed by atoms with E-state index in [4.69, 9.17) is 0 Å². The van der Waals surface area contributed by atoms with Crippen LogP contribution in [0.25, 0.3) is 0 Å². The van der Waals surface area contributed by atoms with Gasteiger partial charge in [-0.3, -0.25) is 4.79 Å². The second-order valence-electron chi connectivity index (χ2n) is 3.54. The third-order valence-electron chi connectivity index (χ3n) is 2.58. The summed E-state index contributed by atoms with van der Waals surface area (Å²) < 4.78 is 0. The van der Waals surface area contributed by atoms with E-state index in [1.807, 2.05) is 0 Å². The molecule has 0 bridgehead atoms. The summed E-state index contributed by atoms with van der Waals surface area (Å²) in [6.45, 7) is 0. The predicted octanol–water partition coefficient (Wildman–Crippen LogP) is 2.15. The molecule has 0 saturated heterocycles. The highest BCUT2D eigenvalue weighted by Gasteiger charge is 2.19. The van der Waals surface area contributed by atoms with E-state index in [0.717, 1.165) is 5.01 Å². The molecule has 0 aliphatic heterocycles. The van der Waals surface area contributed by atoms with Gasteiger partial charge < -0.3 is 5.32 Å².